The fourth-order valence-electron chi connectivity index (χ4n) is 1.65. The Balaban J connectivity index is 0. The quantitative estimate of drug-likeness (QED) is 0.585. The van der Waals surface area contributed by atoms with Crippen molar-refractivity contribution in [3.05, 3.63) is 36.4 Å². The van der Waals surface area contributed by atoms with E-state index >= 15 is 0 Å². The van der Waals surface area contributed by atoms with Gasteiger partial charge in [-0.15, -0.1) is 0 Å². The third-order valence-corrected chi connectivity index (χ3v) is 2.42. The van der Waals surface area contributed by atoms with Gasteiger partial charge in [0.15, 0.2) is 0 Å². The Labute approximate surface area is 177 Å². The molecule has 0 aliphatic carbocycles. The summed E-state index contributed by atoms with van der Waals surface area (Å²) >= 11 is 0. The molecule has 0 unspecified atom stereocenters. The number of hydrogen-bond donors (Lipinski definition) is 0. The molecule has 8 heteroatoms. The number of hydrogen-bond acceptors (Lipinski definition) is 0. The molecule has 2 aromatic carbocycles. The van der Waals surface area contributed by atoms with Crippen LogP contribution in [0.3, 0.4) is 0 Å². The second-order valence-corrected chi connectivity index (χ2v) is 3.43. The molecule has 0 heterocycles. The number of halogens is 4. The van der Waals surface area contributed by atoms with Crippen LogP contribution in [-0.4, -0.2) is 14.5 Å². The van der Waals surface area contributed by atoms with Crippen LogP contribution in [0.4, 0.5) is 17.3 Å². The van der Waals surface area contributed by atoms with Crippen LogP contribution in [0.1, 0.15) is 13.8 Å². The first kappa shape index (κ1) is 23.3. The molecule has 0 amide bonds. The Bertz CT molecular complexity index is 477. The van der Waals surface area contributed by atoms with Gasteiger partial charge in [0.25, 0.3) is 0 Å². The molecule has 110 valence electrons. The molecule has 2 rings (SSSR count). The Morgan fingerprint density at radius 1 is 0.700 bits per heavy atom. The first-order valence-electron chi connectivity index (χ1n) is 5.68. The molecule has 0 saturated heterocycles. The maximum Gasteiger partial charge on any atom is 0.571 e. The van der Waals surface area contributed by atoms with Gasteiger partial charge in [-0.1, -0.05) is 50.2 Å². The van der Waals surface area contributed by atoms with Crippen molar-refractivity contribution < 1.29 is 92.7 Å². The zero-order valence-corrected chi connectivity index (χ0v) is 12.3. The van der Waals surface area contributed by atoms with E-state index in [2.05, 4.69) is 0 Å². The Morgan fingerprint density at radius 3 is 1.25 bits per heavy atom. The maximum atomic E-state index is 12.6. The topological polar surface area (TPSA) is 0 Å². The summed E-state index contributed by atoms with van der Waals surface area (Å²) in [6.07, 6.45) is 0. The van der Waals surface area contributed by atoms with Gasteiger partial charge in [-0.2, -0.15) is 0 Å². The van der Waals surface area contributed by atoms with Crippen LogP contribution in [0.5, 0.6) is 0 Å². The van der Waals surface area contributed by atoms with E-state index in [-0.39, 0.29) is 75.5 Å². The van der Waals surface area contributed by atoms with Crippen molar-refractivity contribution in [2.24, 2.45) is 0 Å². The van der Waals surface area contributed by atoms with E-state index in [1.54, 1.807) is 24.3 Å². The molecule has 0 saturated carbocycles. The third-order valence-electron chi connectivity index (χ3n) is 2.42. The van der Waals surface area contributed by atoms with Gasteiger partial charge in [0, 0.05) is 75.5 Å². The van der Waals surface area contributed by atoms with Crippen LogP contribution < -0.4 is 10.9 Å². The van der Waals surface area contributed by atoms with Crippen molar-refractivity contribution in [1.82, 2.24) is 0 Å². The Hall–Kier alpha value is 1.07. The summed E-state index contributed by atoms with van der Waals surface area (Å²) in [5.41, 5.74) is -1.18. The normalized spacial score (nSPS) is 8.70. The van der Waals surface area contributed by atoms with Gasteiger partial charge in [0.1, 0.15) is 0 Å². The smallest absolute Gasteiger partial charge is 0.281 e. The minimum atomic E-state index is -2.88. The van der Waals surface area contributed by atoms with E-state index in [4.69, 9.17) is 0 Å². The van der Waals surface area contributed by atoms with Gasteiger partial charge >= 0.3 is 14.5 Å². The molecule has 0 spiro atoms. The van der Waals surface area contributed by atoms with Gasteiger partial charge in [0.2, 0.25) is 0 Å². The monoisotopic (exact) mass is 334 g/mol. The fraction of sp³-hybridized carbons (Fsp3) is 0.167. The third kappa shape index (κ3) is 6.05. The van der Waals surface area contributed by atoms with Crippen molar-refractivity contribution in [2.75, 3.05) is 0 Å². The van der Waals surface area contributed by atoms with E-state index in [1.807, 2.05) is 13.8 Å². The van der Waals surface area contributed by atoms with Crippen LogP contribution >= 0.6 is 0 Å². The SMILES string of the molecule is CC.FB(F)c1cc2ccccc2cc1B(F)F.[Ar].[Ar]. The number of fused-ring (bicyclic) bond motifs is 1. The van der Waals surface area contributed by atoms with E-state index in [9.17, 15) is 17.3 Å². The molecule has 0 nitrogen and oxygen atoms in total. The summed E-state index contributed by atoms with van der Waals surface area (Å²) in [5.74, 6) is 0. The molecule has 2 aromatic rings. The predicted molar refractivity (Wildman–Crippen MR) is 70.5 cm³/mol. The molecule has 0 N–H and O–H groups in total. The zero-order valence-electron chi connectivity index (χ0n) is 10.8. The van der Waals surface area contributed by atoms with Gasteiger partial charge in [-0.25, -0.2) is 0 Å². The molecule has 20 heavy (non-hydrogen) atoms. The molecule has 0 aromatic heterocycles. The minimum absolute atomic E-state index is 0. The van der Waals surface area contributed by atoms with Crippen molar-refractivity contribution >= 4 is 36.2 Å². The average Bonchev–Trinajstić information content (AvgIpc) is 2.39. The molecule has 0 radical (unpaired) electrons. The molecule has 0 aliphatic heterocycles. The Kier molecular flexibility index (Phi) is 13.5. The van der Waals surface area contributed by atoms with Crippen LogP contribution in [0.25, 0.3) is 10.8 Å². The molecular formula is C12H12Ar2B2F4. The molecule has 0 fully saturated rings. The maximum absolute atomic E-state index is 12.6. The largest absolute Gasteiger partial charge is 0.571 e. The van der Waals surface area contributed by atoms with Gasteiger partial charge < -0.3 is 0 Å². The zero-order chi connectivity index (χ0) is 13.7. The van der Waals surface area contributed by atoms with Crippen LogP contribution in [0.2, 0.25) is 0 Å². The standard InChI is InChI=1S/C10H6B2F4.C2H6.2Ar/c13-11(14)9-5-7-3-1-2-4-8(7)6-10(9)12(15)16;1-2;;/h1-6H;1-2H3;;. The van der Waals surface area contributed by atoms with Gasteiger partial charge in [0.05, 0.1) is 0 Å². The summed E-state index contributed by atoms with van der Waals surface area (Å²) < 4.78 is 50.3. The molecule has 0 atom stereocenters. The predicted octanol–water partition coefficient (Wildman–Crippen LogP) is 3.13. The van der Waals surface area contributed by atoms with Crippen LogP contribution in [0, 0.1) is 75.5 Å². The number of rotatable bonds is 2. The summed E-state index contributed by atoms with van der Waals surface area (Å²) in [7, 11) is -5.76. The van der Waals surface area contributed by atoms with Crippen molar-refractivity contribution in [1.29, 1.82) is 0 Å². The van der Waals surface area contributed by atoms with E-state index in [0.717, 1.165) is 12.1 Å². The van der Waals surface area contributed by atoms with Crippen molar-refractivity contribution in [3.8, 4) is 0 Å². The summed E-state index contributed by atoms with van der Waals surface area (Å²) in [5, 5.41) is 1.09. The summed E-state index contributed by atoms with van der Waals surface area (Å²) in [4.78, 5) is 0. The molecule has 0 aliphatic rings. The molecule has 0 bridgehead atoms. The van der Waals surface area contributed by atoms with E-state index in [1.165, 1.54) is 0 Å². The second kappa shape index (κ2) is 11.6. The van der Waals surface area contributed by atoms with Crippen LogP contribution in [0.15, 0.2) is 36.4 Å². The van der Waals surface area contributed by atoms with Gasteiger partial charge in [-0.3, -0.25) is 17.3 Å². The fourth-order valence-corrected chi connectivity index (χ4v) is 1.65. The molecular weight excluding hydrogens is 322 g/mol. The minimum Gasteiger partial charge on any atom is -0.281 e. The van der Waals surface area contributed by atoms with E-state index in [0.29, 0.717) is 10.8 Å². The van der Waals surface area contributed by atoms with Crippen molar-refractivity contribution in [3.63, 3.8) is 0 Å². The van der Waals surface area contributed by atoms with Crippen molar-refractivity contribution in [2.45, 2.75) is 13.8 Å². The van der Waals surface area contributed by atoms with E-state index < -0.39 is 25.5 Å². The first-order chi connectivity index (χ1) is 8.59. The van der Waals surface area contributed by atoms with Crippen LogP contribution in [-0.2, 0) is 0 Å². The Morgan fingerprint density at radius 2 is 1.00 bits per heavy atom. The average molecular weight is 334 g/mol. The number of benzene rings is 2. The summed E-state index contributed by atoms with van der Waals surface area (Å²) in [6.45, 7) is 4.00. The second-order valence-electron chi connectivity index (χ2n) is 3.43. The first-order valence-corrected chi connectivity index (χ1v) is 5.68. The summed E-state index contributed by atoms with van der Waals surface area (Å²) in [6, 6.07) is 8.86. The van der Waals surface area contributed by atoms with Gasteiger partial charge in [-0.05, 0) is 21.7 Å².